The molecular weight excluding hydrogens is 709 g/mol. The Balaban J connectivity index is 1.07. The van der Waals surface area contributed by atoms with Crippen molar-refractivity contribution in [3.8, 4) is 5.75 Å². The Kier molecular flexibility index (Phi) is 16.5. The van der Waals surface area contributed by atoms with Gasteiger partial charge in [-0.2, -0.15) is 0 Å². The zero-order chi connectivity index (χ0) is 39.5. The average Bonchev–Trinajstić information content (AvgIpc) is 3.25. The summed E-state index contributed by atoms with van der Waals surface area (Å²) in [5.41, 5.74) is 4.78. The number of aryl methyl sites for hydroxylation is 3. The van der Waals surface area contributed by atoms with Crippen molar-refractivity contribution >= 4 is 22.7 Å². The number of pyridine rings is 1. The summed E-state index contributed by atoms with van der Waals surface area (Å²) in [5, 5.41) is 15.5. The van der Waals surface area contributed by atoms with E-state index >= 15 is 0 Å². The molecule has 5 aromatic rings. The summed E-state index contributed by atoms with van der Waals surface area (Å²) < 4.78 is 6.08. The number of fused-ring (bicyclic) bond motifs is 1. The van der Waals surface area contributed by atoms with Crippen LogP contribution in [0.15, 0.2) is 128 Å². The lowest BCUT2D eigenvalue weighted by molar-refractivity contribution is -0.145. The summed E-state index contributed by atoms with van der Waals surface area (Å²) in [5.74, 6) is 0.614. The number of rotatable bonds is 22. The van der Waals surface area contributed by atoms with E-state index in [0.29, 0.717) is 38.3 Å². The molecule has 0 bridgehead atoms. The van der Waals surface area contributed by atoms with E-state index in [-0.39, 0.29) is 24.5 Å². The SMILES string of the molecule is O=C(NC(CCCc1ccccc1)CCCc1ccccc1)C1CN(C[C@H](O)COc2cccc3ncccc23)CCN1C(=O)CCCCCCc1ccccc1. The van der Waals surface area contributed by atoms with E-state index in [1.54, 1.807) is 6.20 Å². The number of aromatic nitrogens is 1. The average molecular weight is 769 g/mol. The van der Waals surface area contributed by atoms with Crippen molar-refractivity contribution in [1.82, 2.24) is 20.1 Å². The Labute approximate surface area is 339 Å². The number of carbonyl (C=O) groups excluding carboxylic acids is 2. The molecular formula is C49H60N4O4. The smallest absolute Gasteiger partial charge is 0.244 e. The summed E-state index contributed by atoms with van der Waals surface area (Å²) in [6.07, 6.45) is 12.0. The molecule has 2 atom stereocenters. The van der Waals surface area contributed by atoms with Crippen molar-refractivity contribution in [1.29, 1.82) is 0 Å². The van der Waals surface area contributed by atoms with Crippen LogP contribution < -0.4 is 10.1 Å². The van der Waals surface area contributed by atoms with Crippen LogP contribution in [0.5, 0.6) is 5.75 Å². The van der Waals surface area contributed by atoms with E-state index in [1.165, 1.54) is 16.7 Å². The third-order valence-electron chi connectivity index (χ3n) is 11.1. The molecule has 1 saturated heterocycles. The molecule has 0 radical (unpaired) electrons. The molecule has 1 aromatic heterocycles. The molecule has 6 rings (SSSR count). The monoisotopic (exact) mass is 768 g/mol. The number of benzene rings is 4. The maximum atomic E-state index is 14.4. The predicted molar refractivity (Wildman–Crippen MR) is 229 cm³/mol. The quantitative estimate of drug-likeness (QED) is 0.0690. The first-order valence-electron chi connectivity index (χ1n) is 21.1. The number of nitrogens with one attached hydrogen (secondary N) is 1. The first-order valence-corrected chi connectivity index (χ1v) is 21.1. The van der Waals surface area contributed by atoms with Gasteiger partial charge in [0.1, 0.15) is 24.5 Å². The second kappa shape index (κ2) is 22.6. The summed E-state index contributed by atoms with van der Waals surface area (Å²) in [6.45, 7) is 1.84. The fraction of sp³-hybridized carbons (Fsp3) is 0.408. The van der Waals surface area contributed by atoms with Gasteiger partial charge in [-0.3, -0.25) is 19.5 Å². The largest absolute Gasteiger partial charge is 0.490 e. The lowest BCUT2D eigenvalue weighted by atomic mass is 9.98. The zero-order valence-corrected chi connectivity index (χ0v) is 33.4. The van der Waals surface area contributed by atoms with Crippen molar-refractivity contribution < 1.29 is 19.4 Å². The van der Waals surface area contributed by atoms with Crippen molar-refractivity contribution in [3.63, 3.8) is 0 Å². The molecule has 1 aliphatic heterocycles. The van der Waals surface area contributed by atoms with Crippen molar-refractivity contribution in [2.75, 3.05) is 32.8 Å². The third kappa shape index (κ3) is 13.5. The van der Waals surface area contributed by atoms with E-state index < -0.39 is 12.1 Å². The first-order chi connectivity index (χ1) is 28.0. The molecule has 0 spiro atoms. The number of piperazine rings is 1. The van der Waals surface area contributed by atoms with E-state index in [9.17, 15) is 14.7 Å². The Hall–Kier alpha value is -5.05. The van der Waals surface area contributed by atoms with E-state index in [0.717, 1.165) is 81.5 Å². The number of aliphatic hydroxyl groups is 1. The molecule has 1 aliphatic rings. The van der Waals surface area contributed by atoms with Gasteiger partial charge in [-0.05, 0) is 98.7 Å². The highest BCUT2D eigenvalue weighted by Gasteiger charge is 2.36. The minimum atomic E-state index is -0.775. The Morgan fingerprint density at radius 3 is 1.96 bits per heavy atom. The van der Waals surface area contributed by atoms with Crippen LogP contribution in [-0.2, 0) is 28.9 Å². The number of carbonyl (C=O) groups is 2. The van der Waals surface area contributed by atoms with Gasteiger partial charge in [0.15, 0.2) is 0 Å². The summed E-state index contributed by atoms with van der Waals surface area (Å²) in [7, 11) is 0. The highest BCUT2D eigenvalue weighted by atomic mass is 16.5. The predicted octanol–water partition coefficient (Wildman–Crippen LogP) is 8.21. The van der Waals surface area contributed by atoms with Gasteiger partial charge < -0.3 is 20.1 Å². The molecule has 1 fully saturated rings. The molecule has 1 unspecified atom stereocenters. The van der Waals surface area contributed by atoms with Gasteiger partial charge in [-0.15, -0.1) is 0 Å². The minimum absolute atomic E-state index is 0.00366. The second-order valence-electron chi connectivity index (χ2n) is 15.5. The van der Waals surface area contributed by atoms with Crippen LogP contribution in [0.3, 0.4) is 0 Å². The maximum Gasteiger partial charge on any atom is 0.244 e. The number of aliphatic hydroxyl groups excluding tert-OH is 1. The normalized spacial score (nSPS) is 15.1. The maximum absolute atomic E-state index is 14.4. The topological polar surface area (TPSA) is 95.0 Å². The fourth-order valence-corrected chi connectivity index (χ4v) is 7.99. The number of hydrogen-bond donors (Lipinski definition) is 2. The molecule has 300 valence electrons. The highest BCUT2D eigenvalue weighted by Crippen LogP contribution is 2.24. The summed E-state index contributed by atoms with van der Waals surface area (Å²) in [6, 6.07) is 40.5. The van der Waals surface area contributed by atoms with Gasteiger partial charge in [-0.25, -0.2) is 0 Å². The van der Waals surface area contributed by atoms with Gasteiger partial charge in [0, 0.05) is 50.2 Å². The van der Waals surface area contributed by atoms with Gasteiger partial charge >= 0.3 is 0 Å². The molecule has 4 aromatic carbocycles. The van der Waals surface area contributed by atoms with E-state index in [1.807, 2.05) is 53.4 Å². The standard InChI is InChI=1S/C49H60N4O4/c54-43(38-57-47-31-16-30-45-44(47)29-17-33-50-45)36-52-34-35-53(48(55)32-13-2-1-6-18-39-19-7-3-8-20-39)46(37-52)49(56)51-42(27-14-25-40-21-9-4-10-22-40)28-15-26-41-23-11-5-12-24-41/h3-5,7-12,16-17,19-24,29-31,33,42-43,46,54H,1-2,6,13-15,18,25-28,32,34-38H2,(H,51,56)/t43-,46?/m0/s1. The number of nitrogens with zero attached hydrogens (tertiary/aromatic N) is 3. The van der Waals surface area contributed by atoms with Crippen LogP contribution in [0, 0.1) is 0 Å². The number of amides is 2. The van der Waals surface area contributed by atoms with Gasteiger partial charge in [0.25, 0.3) is 0 Å². The van der Waals surface area contributed by atoms with Crippen LogP contribution in [-0.4, -0.2) is 82.7 Å². The molecule has 57 heavy (non-hydrogen) atoms. The minimum Gasteiger partial charge on any atom is -0.490 e. The van der Waals surface area contributed by atoms with Crippen LogP contribution in [0.2, 0.25) is 0 Å². The van der Waals surface area contributed by atoms with Crippen LogP contribution in [0.1, 0.15) is 74.5 Å². The van der Waals surface area contributed by atoms with Crippen LogP contribution in [0.25, 0.3) is 10.9 Å². The van der Waals surface area contributed by atoms with E-state index in [2.05, 4.69) is 88.0 Å². The van der Waals surface area contributed by atoms with Gasteiger partial charge in [0.05, 0.1) is 5.52 Å². The zero-order valence-electron chi connectivity index (χ0n) is 33.4. The van der Waals surface area contributed by atoms with E-state index in [4.69, 9.17) is 4.74 Å². The molecule has 8 nitrogen and oxygen atoms in total. The summed E-state index contributed by atoms with van der Waals surface area (Å²) in [4.78, 5) is 36.6. The Morgan fingerprint density at radius 2 is 1.32 bits per heavy atom. The molecule has 0 aliphatic carbocycles. The Morgan fingerprint density at radius 1 is 0.702 bits per heavy atom. The fourth-order valence-electron chi connectivity index (χ4n) is 7.99. The third-order valence-corrected chi connectivity index (χ3v) is 11.1. The number of hydrogen-bond acceptors (Lipinski definition) is 6. The first kappa shape index (κ1) is 41.6. The second-order valence-corrected chi connectivity index (χ2v) is 15.5. The van der Waals surface area contributed by atoms with Crippen molar-refractivity contribution in [3.05, 3.63) is 144 Å². The van der Waals surface area contributed by atoms with Crippen molar-refractivity contribution in [2.45, 2.75) is 95.2 Å². The van der Waals surface area contributed by atoms with Crippen LogP contribution in [0.4, 0.5) is 0 Å². The number of β-amino-alcohol motifs (C(OH)–C–C–N with tert-alkyl or cyclic N) is 1. The van der Waals surface area contributed by atoms with Crippen LogP contribution >= 0.6 is 0 Å². The summed E-state index contributed by atoms with van der Waals surface area (Å²) >= 11 is 0. The number of ether oxygens (including phenoxy) is 1. The lowest BCUT2D eigenvalue weighted by Gasteiger charge is -2.41. The highest BCUT2D eigenvalue weighted by molar-refractivity contribution is 5.88. The van der Waals surface area contributed by atoms with Gasteiger partial charge in [0.2, 0.25) is 11.8 Å². The molecule has 2 amide bonds. The van der Waals surface area contributed by atoms with Gasteiger partial charge in [-0.1, -0.05) is 110 Å². The van der Waals surface area contributed by atoms with Crippen molar-refractivity contribution in [2.24, 2.45) is 0 Å². The molecule has 0 saturated carbocycles. The molecule has 8 heteroatoms. The number of unbranched alkanes of at least 4 members (excludes halogenated alkanes) is 3. The molecule has 2 heterocycles. The molecule has 2 N–H and O–H groups in total. The lowest BCUT2D eigenvalue weighted by Crippen LogP contribution is -2.62. The Bertz CT molecular complexity index is 1880.